The first kappa shape index (κ1) is 11.1. The number of carbonyl (C=O) groups excluding carboxylic acids is 1. The summed E-state index contributed by atoms with van der Waals surface area (Å²) >= 11 is 0. The molecule has 1 aromatic rings. The first-order valence-corrected chi connectivity index (χ1v) is 4.66. The van der Waals surface area contributed by atoms with Gasteiger partial charge in [0.1, 0.15) is 11.8 Å². The summed E-state index contributed by atoms with van der Waals surface area (Å²) in [6.07, 6.45) is 0.409. The van der Waals surface area contributed by atoms with Crippen molar-refractivity contribution in [2.45, 2.75) is 13.3 Å². The van der Waals surface area contributed by atoms with Crippen LogP contribution in [-0.4, -0.2) is 12.5 Å². The van der Waals surface area contributed by atoms with Crippen LogP contribution in [0.2, 0.25) is 0 Å². The van der Waals surface area contributed by atoms with Crippen LogP contribution in [-0.2, 0) is 4.79 Å². The molecule has 0 spiro atoms. The maximum absolute atomic E-state index is 11.2. The minimum absolute atomic E-state index is 0.0288. The molecular weight excluding hydrogens is 192 g/mol. The molecule has 0 saturated carbocycles. The maximum atomic E-state index is 11.2. The molecule has 78 valence electrons. The molecular formula is C11H12N2O2. The number of ether oxygens (including phenoxy) is 1. The van der Waals surface area contributed by atoms with E-state index in [4.69, 9.17) is 10.00 Å². The molecule has 0 aliphatic carbocycles. The Morgan fingerprint density at radius 2 is 2.27 bits per heavy atom. The molecule has 0 atom stereocenters. The van der Waals surface area contributed by atoms with Crippen LogP contribution in [0.1, 0.15) is 13.3 Å². The average Bonchev–Trinajstić information content (AvgIpc) is 2.28. The second-order valence-electron chi connectivity index (χ2n) is 2.84. The Balaban J connectivity index is 2.77. The van der Waals surface area contributed by atoms with E-state index in [1.165, 1.54) is 0 Å². The third-order valence-corrected chi connectivity index (χ3v) is 1.77. The van der Waals surface area contributed by atoms with Gasteiger partial charge in [0.2, 0.25) is 5.91 Å². The van der Waals surface area contributed by atoms with Gasteiger partial charge >= 0.3 is 0 Å². The van der Waals surface area contributed by atoms with E-state index in [2.05, 4.69) is 5.32 Å². The van der Waals surface area contributed by atoms with Gasteiger partial charge < -0.3 is 10.1 Å². The van der Waals surface area contributed by atoms with E-state index in [0.717, 1.165) is 0 Å². The largest absolute Gasteiger partial charge is 0.477 e. The first-order valence-electron chi connectivity index (χ1n) is 4.66. The zero-order valence-corrected chi connectivity index (χ0v) is 8.49. The quantitative estimate of drug-likeness (QED) is 0.815. The molecule has 1 rings (SSSR count). The van der Waals surface area contributed by atoms with E-state index >= 15 is 0 Å². The van der Waals surface area contributed by atoms with Crippen LogP contribution in [0.3, 0.4) is 0 Å². The van der Waals surface area contributed by atoms with Crippen molar-refractivity contribution in [3.05, 3.63) is 24.3 Å². The molecule has 1 N–H and O–H groups in total. The molecule has 0 heterocycles. The van der Waals surface area contributed by atoms with E-state index in [0.29, 0.717) is 17.9 Å². The highest BCUT2D eigenvalue weighted by Crippen LogP contribution is 2.23. The lowest BCUT2D eigenvalue weighted by molar-refractivity contribution is -0.115. The van der Waals surface area contributed by atoms with Gasteiger partial charge in [0.25, 0.3) is 0 Å². The molecule has 0 saturated heterocycles. The lowest BCUT2D eigenvalue weighted by Crippen LogP contribution is -2.10. The molecule has 0 aromatic heterocycles. The van der Waals surface area contributed by atoms with Crippen LogP contribution in [0.4, 0.5) is 5.69 Å². The van der Waals surface area contributed by atoms with Crippen LogP contribution >= 0.6 is 0 Å². The van der Waals surface area contributed by atoms with Gasteiger partial charge in [-0.2, -0.15) is 5.26 Å². The number of nitriles is 1. The zero-order chi connectivity index (χ0) is 11.1. The number of nitrogens with one attached hydrogen (secondary N) is 1. The molecule has 1 amide bonds. The van der Waals surface area contributed by atoms with Crippen LogP contribution in [0.25, 0.3) is 0 Å². The third kappa shape index (κ3) is 3.31. The highest BCUT2D eigenvalue weighted by Gasteiger charge is 2.04. The number of benzene rings is 1. The summed E-state index contributed by atoms with van der Waals surface area (Å²) in [6.45, 7) is 1.74. The van der Waals surface area contributed by atoms with Crippen LogP contribution in [0.5, 0.6) is 5.75 Å². The fourth-order valence-corrected chi connectivity index (χ4v) is 1.04. The molecule has 0 unspecified atom stereocenters. The number of amides is 1. The van der Waals surface area contributed by atoms with Gasteiger partial charge in [0.15, 0.2) is 6.61 Å². The predicted octanol–water partition coefficient (Wildman–Crippen LogP) is 1.94. The number of anilines is 1. The van der Waals surface area contributed by atoms with E-state index in [9.17, 15) is 4.79 Å². The summed E-state index contributed by atoms with van der Waals surface area (Å²) < 4.78 is 5.16. The summed E-state index contributed by atoms with van der Waals surface area (Å²) in [6, 6.07) is 8.91. The minimum Gasteiger partial charge on any atom is -0.477 e. The fraction of sp³-hybridized carbons (Fsp3) is 0.273. The smallest absolute Gasteiger partial charge is 0.224 e. The lowest BCUT2D eigenvalue weighted by atomic mass is 10.3. The third-order valence-electron chi connectivity index (χ3n) is 1.77. The number of hydrogen-bond donors (Lipinski definition) is 1. The van der Waals surface area contributed by atoms with Crippen molar-refractivity contribution in [2.24, 2.45) is 0 Å². The van der Waals surface area contributed by atoms with E-state index in [1.807, 2.05) is 6.07 Å². The van der Waals surface area contributed by atoms with Gasteiger partial charge in [-0.1, -0.05) is 19.1 Å². The summed E-state index contributed by atoms with van der Waals surface area (Å²) in [4.78, 5) is 11.2. The number of nitrogens with zero attached hydrogens (tertiary/aromatic N) is 1. The van der Waals surface area contributed by atoms with E-state index in [-0.39, 0.29) is 12.5 Å². The average molecular weight is 204 g/mol. The Kier molecular flexibility index (Phi) is 4.17. The molecule has 15 heavy (non-hydrogen) atoms. The van der Waals surface area contributed by atoms with Gasteiger partial charge in [-0.15, -0.1) is 0 Å². The number of rotatable bonds is 4. The minimum atomic E-state index is -0.0805. The van der Waals surface area contributed by atoms with Crippen molar-refractivity contribution < 1.29 is 9.53 Å². The normalized spacial score (nSPS) is 9.07. The molecule has 0 bridgehead atoms. The Labute approximate surface area is 88.5 Å². The van der Waals surface area contributed by atoms with E-state index in [1.54, 1.807) is 31.2 Å². The molecule has 0 aliphatic rings. The number of hydrogen-bond acceptors (Lipinski definition) is 3. The Bertz CT molecular complexity index is 382. The van der Waals surface area contributed by atoms with Gasteiger partial charge in [-0.3, -0.25) is 4.79 Å². The Morgan fingerprint density at radius 3 is 2.93 bits per heavy atom. The predicted molar refractivity (Wildman–Crippen MR) is 56.5 cm³/mol. The van der Waals surface area contributed by atoms with Gasteiger partial charge in [-0.25, -0.2) is 0 Å². The fourth-order valence-electron chi connectivity index (χ4n) is 1.04. The Hall–Kier alpha value is -2.02. The standard InChI is InChI=1S/C11H12N2O2/c1-2-11(14)13-9-5-3-4-6-10(9)15-8-7-12/h3-6H,2,8H2,1H3,(H,13,14). The molecule has 4 heteroatoms. The second-order valence-corrected chi connectivity index (χ2v) is 2.84. The highest BCUT2D eigenvalue weighted by atomic mass is 16.5. The van der Waals surface area contributed by atoms with Crippen molar-refractivity contribution in [1.82, 2.24) is 0 Å². The van der Waals surface area contributed by atoms with Crippen molar-refractivity contribution in [3.8, 4) is 11.8 Å². The van der Waals surface area contributed by atoms with E-state index < -0.39 is 0 Å². The zero-order valence-electron chi connectivity index (χ0n) is 8.49. The molecule has 4 nitrogen and oxygen atoms in total. The van der Waals surface area contributed by atoms with Crippen molar-refractivity contribution in [3.63, 3.8) is 0 Å². The molecule has 0 fully saturated rings. The van der Waals surface area contributed by atoms with Crippen LogP contribution in [0, 0.1) is 11.3 Å². The van der Waals surface area contributed by atoms with Gasteiger partial charge in [0.05, 0.1) is 5.69 Å². The maximum Gasteiger partial charge on any atom is 0.224 e. The van der Waals surface area contributed by atoms with Gasteiger partial charge in [0, 0.05) is 6.42 Å². The van der Waals surface area contributed by atoms with Crippen LogP contribution < -0.4 is 10.1 Å². The summed E-state index contributed by atoms with van der Waals surface area (Å²) in [5.74, 6) is 0.434. The Morgan fingerprint density at radius 1 is 1.53 bits per heavy atom. The topological polar surface area (TPSA) is 62.1 Å². The van der Waals surface area contributed by atoms with Crippen molar-refractivity contribution >= 4 is 11.6 Å². The molecule has 1 aromatic carbocycles. The summed E-state index contributed by atoms with van der Waals surface area (Å²) in [7, 11) is 0. The van der Waals surface area contributed by atoms with Gasteiger partial charge in [-0.05, 0) is 12.1 Å². The summed E-state index contributed by atoms with van der Waals surface area (Å²) in [5, 5.41) is 11.1. The van der Waals surface area contributed by atoms with Crippen LogP contribution in [0.15, 0.2) is 24.3 Å². The first-order chi connectivity index (χ1) is 7.27. The molecule has 0 aliphatic heterocycles. The summed E-state index contributed by atoms with van der Waals surface area (Å²) in [5.41, 5.74) is 0.597. The SMILES string of the molecule is CCC(=O)Nc1ccccc1OCC#N. The second kappa shape index (κ2) is 5.66. The number of carbonyl (C=O) groups is 1. The lowest BCUT2D eigenvalue weighted by Gasteiger charge is -2.09. The molecule has 0 radical (unpaired) electrons. The monoisotopic (exact) mass is 204 g/mol. The highest BCUT2D eigenvalue weighted by molar-refractivity contribution is 5.91. The van der Waals surface area contributed by atoms with Crippen molar-refractivity contribution in [1.29, 1.82) is 5.26 Å². The number of para-hydroxylation sites is 2. The van der Waals surface area contributed by atoms with Crippen molar-refractivity contribution in [2.75, 3.05) is 11.9 Å².